The van der Waals surface area contributed by atoms with E-state index in [1.165, 1.54) is 29.5 Å². The average Bonchev–Trinajstić information content (AvgIpc) is 3.06. The maximum atomic E-state index is 13.5. The molecule has 0 bridgehead atoms. The van der Waals surface area contributed by atoms with Crippen LogP contribution in [0.15, 0.2) is 48.5 Å². The molecule has 0 radical (unpaired) electrons. The smallest absolute Gasteiger partial charge is 0.123 e. The van der Waals surface area contributed by atoms with Gasteiger partial charge >= 0.3 is 0 Å². The highest BCUT2D eigenvalue weighted by Gasteiger charge is 2.45. The quantitative estimate of drug-likeness (QED) is 0.872. The molecule has 2 aliphatic heterocycles. The number of rotatable bonds is 3. The van der Waals surface area contributed by atoms with Crippen LogP contribution in [-0.2, 0) is 0 Å². The molecule has 3 atom stereocenters. The van der Waals surface area contributed by atoms with E-state index in [9.17, 15) is 4.39 Å². The number of aryl methyl sites for hydroxylation is 1. The van der Waals surface area contributed by atoms with Crippen LogP contribution in [0.3, 0.4) is 0 Å². The second-order valence-electron chi connectivity index (χ2n) is 8.31. The predicted octanol–water partition coefficient (Wildman–Crippen LogP) is 4.55. The van der Waals surface area contributed by atoms with Gasteiger partial charge in [0, 0.05) is 13.1 Å². The summed E-state index contributed by atoms with van der Waals surface area (Å²) in [5, 5.41) is 3.63. The Hall–Kier alpha value is -1.71. The molecule has 0 saturated carbocycles. The topological polar surface area (TPSA) is 15.3 Å². The van der Waals surface area contributed by atoms with Crippen molar-refractivity contribution in [1.82, 2.24) is 10.2 Å². The first kappa shape index (κ1) is 17.7. The number of nitrogens with zero attached hydrogens (tertiary/aromatic N) is 1. The van der Waals surface area contributed by atoms with E-state index < -0.39 is 0 Å². The van der Waals surface area contributed by atoms with Crippen molar-refractivity contribution in [1.29, 1.82) is 0 Å². The molecule has 0 amide bonds. The van der Waals surface area contributed by atoms with E-state index in [0.717, 1.165) is 32.1 Å². The van der Waals surface area contributed by atoms with Gasteiger partial charge in [-0.15, -0.1) is 0 Å². The Bertz CT molecular complexity index is 694. The summed E-state index contributed by atoms with van der Waals surface area (Å²) in [5.74, 6) is 0.583. The lowest BCUT2D eigenvalue weighted by Gasteiger charge is -2.41. The van der Waals surface area contributed by atoms with Crippen molar-refractivity contribution in [2.24, 2.45) is 11.3 Å². The van der Waals surface area contributed by atoms with Crippen molar-refractivity contribution in [2.75, 3.05) is 26.2 Å². The number of hydrogen-bond acceptors (Lipinski definition) is 2. The van der Waals surface area contributed by atoms with Crippen LogP contribution in [0.1, 0.15) is 42.5 Å². The lowest BCUT2D eigenvalue weighted by Crippen LogP contribution is -2.47. The molecular weight excluding hydrogens is 323 g/mol. The molecule has 2 aromatic carbocycles. The molecule has 2 aliphatic rings. The zero-order valence-electron chi connectivity index (χ0n) is 15.8. The molecule has 4 rings (SSSR count). The van der Waals surface area contributed by atoms with Crippen molar-refractivity contribution < 1.29 is 4.39 Å². The number of piperidine rings is 1. The third-order valence-corrected chi connectivity index (χ3v) is 6.64. The van der Waals surface area contributed by atoms with E-state index in [4.69, 9.17) is 0 Å². The highest BCUT2D eigenvalue weighted by molar-refractivity contribution is 5.34. The van der Waals surface area contributed by atoms with Crippen LogP contribution in [0.2, 0.25) is 0 Å². The van der Waals surface area contributed by atoms with Crippen LogP contribution < -0.4 is 5.32 Å². The van der Waals surface area contributed by atoms with Crippen LogP contribution in [0.4, 0.5) is 4.39 Å². The van der Waals surface area contributed by atoms with E-state index in [1.54, 1.807) is 12.1 Å². The highest BCUT2D eigenvalue weighted by Crippen LogP contribution is 2.44. The molecule has 2 nitrogen and oxygen atoms in total. The van der Waals surface area contributed by atoms with Gasteiger partial charge in [0.2, 0.25) is 0 Å². The number of likely N-dealkylation sites (tertiary alicyclic amines) is 1. The molecular formula is C23H29FN2. The summed E-state index contributed by atoms with van der Waals surface area (Å²) in [6.07, 6.45) is 2.50. The van der Waals surface area contributed by atoms with Gasteiger partial charge in [-0.2, -0.15) is 0 Å². The summed E-state index contributed by atoms with van der Waals surface area (Å²) in [6.45, 7) is 9.01. The molecule has 0 aromatic heterocycles. The molecule has 2 heterocycles. The second-order valence-corrected chi connectivity index (χ2v) is 8.31. The zero-order chi connectivity index (χ0) is 18.1. The summed E-state index contributed by atoms with van der Waals surface area (Å²) in [5.41, 5.74) is 4.13. The largest absolute Gasteiger partial charge is 0.316 e. The summed E-state index contributed by atoms with van der Waals surface area (Å²) >= 11 is 0. The monoisotopic (exact) mass is 352 g/mol. The SMILES string of the molecule is Cc1ccc(C(c2ccc(F)cc2)N2CCC3(CNCCC3C)C2)cc1. The number of hydrogen-bond donors (Lipinski definition) is 1. The fourth-order valence-corrected chi connectivity index (χ4v) is 4.84. The fraction of sp³-hybridized carbons (Fsp3) is 0.478. The highest BCUT2D eigenvalue weighted by atomic mass is 19.1. The Labute approximate surface area is 156 Å². The first-order valence-electron chi connectivity index (χ1n) is 9.84. The molecule has 1 N–H and O–H groups in total. The number of halogens is 1. The Balaban J connectivity index is 1.67. The predicted molar refractivity (Wildman–Crippen MR) is 105 cm³/mol. The van der Waals surface area contributed by atoms with Gasteiger partial charge < -0.3 is 5.32 Å². The molecule has 2 aromatic rings. The standard InChI is InChI=1S/C23H29FN2/c1-17-3-5-19(6-4-17)22(20-7-9-21(24)10-8-20)26-14-12-23(16-26)15-25-13-11-18(23)2/h3-10,18,22,25H,11-16H2,1-2H3. The van der Waals surface area contributed by atoms with Crippen LogP contribution in [0.25, 0.3) is 0 Å². The Morgan fingerprint density at radius 3 is 2.38 bits per heavy atom. The van der Waals surface area contributed by atoms with Gasteiger partial charge in [-0.1, -0.05) is 48.9 Å². The molecule has 0 aliphatic carbocycles. The molecule has 2 saturated heterocycles. The molecule has 3 unspecified atom stereocenters. The summed E-state index contributed by atoms with van der Waals surface area (Å²) in [4.78, 5) is 2.61. The van der Waals surface area contributed by atoms with Crippen molar-refractivity contribution >= 4 is 0 Å². The minimum atomic E-state index is -0.167. The number of benzene rings is 2. The van der Waals surface area contributed by atoms with Crippen LogP contribution in [0, 0.1) is 24.1 Å². The van der Waals surface area contributed by atoms with Crippen molar-refractivity contribution in [3.05, 3.63) is 71.0 Å². The molecule has 1 spiro atoms. The van der Waals surface area contributed by atoms with Gasteiger partial charge in [0.15, 0.2) is 0 Å². The van der Waals surface area contributed by atoms with Gasteiger partial charge in [0.05, 0.1) is 6.04 Å². The Kier molecular flexibility index (Phi) is 4.85. The summed E-state index contributed by atoms with van der Waals surface area (Å²) in [7, 11) is 0. The van der Waals surface area contributed by atoms with Gasteiger partial charge in [0.1, 0.15) is 5.82 Å². The number of nitrogens with one attached hydrogen (secondary N) is 1. The third-order valence-electron chi connectivity index (χ3n) is 6.64. The molecule has 138 valence electrons. The van der Waals surface area contributed by atoms with Crippen molar-refractivity contribution in [2.45, 2.75) is 32.7 Å². The van der Waals surface area contributed by atoms with E-state index in [2.05, 4.69) is 48.3 Å². The zero-order valence-corrected chi connectivity index (χ0v) is 15.8. The first-order valence-corrected chi connectivity index (χ1v) is 9.84. The van der Waals surface area contributed by atoms with Gasteiger partial charge in [0.25, 0.3) is 0 Å². The van der Waals surface area contributed by atoms with Gasteiger partial charge in [-0.05, 0) is 67.4 Å². The molecule has 26 heavy (non-hydrogen) atoms. The minimum absolute atomic E-state index is 0.167. The fourth-order valence-electron chi connectivity index (χ4n) is 4.84. The maximum absolute atomic E-state index is 13.5. The summed E-state index contributed by atoms with van der Waals surface area (Å²) < 4.78 is 13.5. The van der Waals surface area contributed by atoms with E-state index in [0.29, 0.717) is 5.41 Å². The normalized spacial score (nSPS) is 27.7. The lowest BCUT2D eigenvalue weighted by atomic mass is 9.72. The van der Waals surface area contributed by atoms with E-state index >= 15 is 0 Å². The Morgan fingerprint density at radius 1 is 1.08 bits per heavy atom. The van der Waals surface area contributed by atoms with Crippen molar-refractivity contribution in [3.63, 3.8) is 0 Å². The molecule has 3 heteroatoms. The third kappa shape index (κ3) is 3.30. The summed E-state index contributed by atoms with van der Waals surface area (Å²) in [6, 6.07) is 16.1. The van der Waals surface area contributed by atoms with Gasteiger partial charge in [-0.3, -0.25) is 4.90 Å². The molecule has 2 fully saturated rings. The lowest BCUT2D eigenvalue weighted by molar-refractivity contribution is 0.122. The van der Waals surface area contributed by atoms with Crippen LogP contribution in [-0.4, -0.2) is 31.1 Å². The van der Waals surface area contributed by atoms with E-state index in [1.807, 2.05) is 12.1 Å². The second kappa shape index (κ2) is 7.13. The Morgan fingerprint density at radius 2 is 1.73 bits per heavy atom. The van der Waals surface area contributed by atoms with Crippen LogP contribution >= 0.6 is 0 Å². The minimum Gasteiger partial charge on any atom is -0.316 e. The maximum Gasteiger partial charge on any atom is 0.123 e. The van der Waals surface area contributed by atoms with Crippen LogP contribution in [0.5, 0.6) is 0 Å². The van der Waals surface area contributed by atoms with Gasteiger partial charge in [-0.25, -0.2) is 4.39 Å². The van der Waals surface area contributed by atoms with Crippen molar-refractivity contribution in [3.8, 4) is 0 Å². The average molecular weight is 352 g/mol. The first-order chi connectivity index (χ1) is 12.6. The van der Waals surface area contributed by atoms with E-state index in [-0.39, 0.29) is 11.9 Å².